The summed E-state index contributed by atoms with van der Waals surface area (Å²) in [5.41, 5.74) is 0.518. The molecular weight excluding hydrogens is 290 g/mol. The van der Waals surface area contributed by atoms with E-state index in [9.17, 15) is 4.79 Å². The maximum atomic E-state index is 10.8. The van der Waals surface area contributed by atoms with Crippen LogP contribution in [0.4, 0.5) is 0 Å². The van der Waals surface area contributed by atoms with Gasteiger partial charge in [0.1, 0.15) is 6.10 Å². The van der Waals surface area contributed by atoms with E-state index in [-0.39, 0.29) is 11.8 Å². The first-order chi connectivity index (χ1) is 10.7. The van der Waals surface area contributed by atoms with Crippen molar-refractivity contribution >= 4 is 5.97 Å². The summed E-state index contributed by atoms with van der Waals surface area (Å²) >= 11 is 0. The number of ether oxygens (including phenoxy) is 3. The van der Waals surface area contributed by atoms with Gasteiger partial charge in [-0.2, -0.15) is 0 Å². The predicted octanol–water partition coefficient (Wildman–Crippen LogP) is 2.22. The van der Waals surface area contributed by atoms with Gasteiger partial charge in [0.25, 0.3) is 0 Å². The minimum absolute atomic E-state index is 0.0173. The van der Waals surface area contributed by atoms with E-state index >= 15 is 0 Å². The molecule has 2 heterocycles. The van der Waals surface area contributed by atoms with E-state index in [1.165, 1.54) is 6.07 Å². The van der Waals surface area contributed by atoms with Crippen molar-refractivity contribution in [1.82, 2.24) is 5.16 Å². The number of carbonyl (C=O) groups is 1. The lowest BCUT2D eigenvalue weighted by molar-refractivity contribution is 0.0686. The molecule has 0 bridgehead atoms. The second-order valence-corrected chi connectivity index (χ2v) is 4.85. The average molecular weight is 305 g/mol. The number of carboxylic acid groups (broad SMARTS) is 1. The third-order valence-corrected chi connectivity index (χ3v) is 3.36. The summed E-state index contributed by atoms with van der Waals surface area (Å²) in [6.07, 6.45) is 0.860. The zero-order valence-electron chi connectivity index (χ0n) is 11.9. The highest BCUT2D eigenvalue weighted by molar-refractivity contribution is 5.86. The second kappa shape index (κ2) is 6.07. The Morgan fingerprint density at radius 2 is 2.23 bits per heavy atom. The topological polar surface area (TPSA) is 91.0 Å². The van der Waals surface area contributed by atoms with Crippen molar-refractivity contribution in [3.05, 3.63) is 30.0 Å². The van der Waals surface area contributed by atoms with E-state index in [0.717, 1.165) is 6.42 Å². The van der Waals surface area contributed by atoms with Crippen LogP contribution in [0.25, 0.3) is 11.3 Å². The van der Waals surface area contributed by atoms with Gasteiger partial charge in [-0.15, -0.1) is 0 Å². The number of aromatic carboxylic acids is 1. The van der Waals surface area contributed by atoms with Crippen LogP contribution in [0.15, 0.2) is 28.8 Å². The number of carboxylic acids is 1. The molecule has 0 amide bonds. The number of aromatic nitrogens is 1. The molecule has 1 aliphatic heterocycles. The summed E-state index contributed by atoms with van der Waals surface area (Å²) in [5.74, 6) is 0.368. The van der Waals surface area contributed by atoms with Crippen LogP contribution in [0.5, 0.6) is 11.5 Å². The van der Waals surface area contributed by atoms with E-state index in [0.29, 0.717) is 36.0 Å². The molecule has 22 heavy (non-hydrogen) atoms. The molecular formula is C15H15NO6. The van der Waals surface area contributed by atoms with Crippen LogP contribution in [0.2, 0.25) is 0 Å². The second-order valence-electron chi connectivity index (χ2n) is 4.85. The van der Waals surface area contributed by atoms with Crippen molar-refractivity contribution in [1.29, 1.82) is 0 Å². The fourth-order valence-electron chi connectivity index (χ4n) is 2.22. The van der Waals surface area contributed by atoms with Gasteiger partial charge in [0.15, 0.2) is 23.0 Å². The third kappa shape index (κ3) is 2.89. The summed E-state index contributed by atoms with van der Waals surface area (Å²) in [5, 5.41) is 12.4. The van der Waals surface area contributed by atoms with E-state index in [2.05, 4.69) is 5.16 Å². The number of benzene rings is 1. The summed E-state index contributed by atoms with van der Waals surface area (Å²) in [6.45, 7) is 1.26. The molecule has 7 nitrogen and oxygen atoms in total. The minimum Gasteiger partial charge on any atom is -0.493 e. The molecule has 1 unspecified atom stereocenters. The maximum absolute atomic E-state index is 10.8. The molecule has 1 fully saturated rings. The highest BCUT2D eigenvalue weighted by atomic mass is 16.6. The highest BCUT2D eigenvalue weighted by Gasteiger charge is 2.20. The molecule has 0 saturated carbocycles. The summed E-state index contributed by atoms with van der Waals surface area (Å²) in [4.78, 5) is 10.8. The Hall–Kier alpha value is -2.54. The van der Waals surface area contributed by atoms with Gasteiger partial charge in [-0.05, 0) is 18.2 Å². The van der Waals surface area contributed by atoms with Gasteiger partial charge in [0.05, 0.1) is 20.3 Å². The quantitative estimate of drug-likeness (QED) is 0.905. The highest BCUT2D eigenvalue weighted by Crippen LogP contribution is 2.34. The van der Waals surface area contributed by atoms with E-state index in [4.69, 9.17) is 23.8 Å². The van der Waals surface area contributed by atoms with Crippen LogP contribution in [-0.2, 0) is 4.74 Å². The summed E-state index contributed by atoms with van der Waals surface area (Å²) in [6, 6.07) is 6.61. The van der Waals surface area contributed by atoms with Crippen molar-refractivity contribution in [3.63, 3.8) is 0 Å². The Balaban J connectivity index is 1.85. The molecule has 1 saturated heterocycles. The first-order valence-corrected chi connectivity index (χ1v) is 6.80. The molecule has 1 N–H and O–H groups in total. The van der Waals surface area contributed by atoms with Gasteiger partial charge in [0, 0.05) is 18.1 Å². The van der Waals surface area contributed by atoms with E-state index < -0.39 is 5.97 Å². The molecule has 1 aromatic carbocycles. The van der Waals surface area contributed by atoms with Crippen LogP contribution in [-0.4, -0.2) is 42.7 Å². The van der Waals surface area contributed by atoms with Crippen LogP contribution >= 0.6 is 0 Å². The normalized spacial score (nSPS) is 17.4. The van der Waals surface area contributed by atoms with Gasteiger partial charge >= 0.3 is 5.97 Å². The zero-order chi connectivity index (χ0) is 15.5. The van der Waals surface area contributed by atoms with Crippen LogP contribution in [0, 0.1) is 0 Å². The smallest absolute Gasteiger partial charge is 0.358 e. The lowest BCUT2D eigenvalue weighted by Crippen LogP contribution is -2.16. The lowest BCUT2D eigenvalue weighted by Gasteiger charge is -2.15. The SMILES string of the molecule is COc1cc(-c2cc(C(=O)O)no2)ccc1OC1CCOC1. The van der Waals surface area contributed by atoms with Crippen molar-refractivity contribution in [3.8, 4) is 22.8 Å². The Bertz CT molecular complexity index is 674. The van der Waals surface area contributed by atoms with Gasteiger partial charge in [0.2, 0.25) is 0 Å². The van der Waals surface area contributed by atoms with Crippen molar-refractivity contribution < 1.29 is 28.6 Å². The predicted molar refractivity (Wildman–Crippen MR) is 75.3 cm³/mol. The molecule has 0 radical (unpaired) electrons. The molecule has 2 aromatic rings. The molecule has 1 aliphatic rings. The lowest BCUT2D eigenvalue weighted by atomic mass is 10.1. The van der Waals surface area contributed by atoms with Crippen molar-refractivity contribution in [2.75, 3.05) is 20.3 Å². The fourth-order valence-corrected chi connectivity index (χ4v) is 2.22. The Morgan fingerprint density at radius 3 is 2.86 bits per heavy atom. The van der Waals surface area contributed by atoms with Gasteiger partial charge in [-0.1, -0.05) is 5.16 Å². The number of rotatable bonds is 5. The zero-order valence-corrected chi connectivity index (χ0v) is 11.9. The number of methoxy groups -OCH3 is 1. The van der Waals surface area contributed by atoms with Crippen LogP contribution < -0.4 is 9.47 Å². The molecule has 0 aliphatic carbocycles. The maximum Gasteiger partial charge on any atom is 0.358 e. The first kappa shape index (κ1) is 14.4. The molecule has 7 heteroatoms. The monoisotopic (exact) mass is 305 g/mol. The Kier molecular flexibility index (Phi) is 3.97. The van der Waals surface area contributed by atoms with Crippen LogP contribution in [0.1, 0.15) is 16.9 Å². The van der Waals surface area contributed by atoms with Crippen molar-refractivity contribution in [2.45, 2.75) is 12.5 Å². The van der Waals surface area contributed by atoms with Crippen LogP contribution in [0.3, 0.4) is 0 Å². The minimum atomic E-state index is -1.14. The Labute approximate surface area is 126 Å². The number of hydrogen-bond acceptors (Lipinski definition) is 6. The van der Waals surface area contributed by atoms with Crippen molar-refractivity contribution in [2.24, 2.45) is 0 Å². The standard InChI is InChI=1S/C15H15NO6/c1-19-14-6-9(13-7-11(15(17)18)16-22-13)2-3-12(14)21-10-4-5-20-8-10/h2-3,6-7,10H,4-5,8H2,1H3,(H,17,18). The largest absolute Gasteiger partial charge is 0.493 e. The molecule has 3 rings (SSSR count). The molecule has 116 valence electrons. The average Bonchev–Trinajstić information content (AvgIpc) is 3.18. The summed E-state index contributed by atoms with van der Waals surface area (Å²) in [7, 11) is 1.54. The summed E-state index contributed by atoms with van der Waals surface area (Å²) < 4.78 is 21.5. The van der Waals surface area contributed by atoms with Gasteiger partial charge in [-0.25, -0.2) is 4.79 Å². The molecule has 1 aromatic heterocycles. The molecule has 1 atom stereocenters. The fraction of sp³-hybridized carbons (Fsp3) is 0.333. The van der Waals surface area contributed by atoms with E-state index in [1.807, 2.05) is 0 Å². The van der Waals surface area contributed by atoms with Gasteiger partial charge in [-0.3, -0.25) is 0 Å². The van der Waals surface area contributed by atoms with E-state index in [1.54, 1.807) is 25.3 Å². The first-order valence-electron chi connectivity index (χ1n) is 6.80. The molecule has 0 spiro atoms. The third-order valence-electron chi connectivity index (χ3n) is 3.36. The Morgan fingerprint density at radius 1 is 1.36 bits per heavy atom. The number of nitrogens with zero attached hydrogens (tertiary/aromatic N) is 1. The van der Waals surface area contributed by atoms with Gasteiger partial charge < -0.3 is 23.8 Å². The number of hydrogen-bond donors (Lipinski definition) is 1.